The van der Waals surface area contributed by atoms with Crippen LogP contribution in [0, 0.1) is 0 Å². The Labute approximate surface area is 109 Å². The third kappa shape index (κ3) is 2.75. The lowest BCUT2D eigenvalue weighted by Crippen LogP contribution is -2.38. The number of thiophene rings is 1. The Morgan fingerprint density at radius 2 is 2.12 bits per heavy atom. The molecule has 0 fully saturated rings. The smallest absolute Gasteiger partial charge is 0.279 e. The minimum absolute atomic E-state index is 0.143. The highest BCUT2D eigenvalue weighted by Gasteiger charge is 2.16. The third-order valence-corrected chi connectivity index (χ3v) is 3.95. The summed E-state index contributed by atoms with van der Waals surface area (Å²) < 4.78 is 0.259. The summed E-state index contributed by atoms with van der Waals surface area (Å²) >= 11 is 10.1. The molecule has 86 valence electrons. The Kier molecular flexibility index (Phi) is 3.83. The zero-order chi connectivity index (χ0) is 11.5. The third-order valence-electron chi connectivity index (χ3n) is 2.50. The summed E-state index contributed by atoms with van der Waals surface area (Å²) in [6.07, 6.45) is 4.65. The maximum Gasteiger partial charge on any atom is 0.279 e. The molecule has 0 saturated heterocycles. The van der Waals surface area contributed by atoms with Gasteiger partial charge in [0.2, 0.25) is 0 Å². The molecule has 0 radical (unpaired) electrons. The monoisotopic (exact) mass is 272 g/mol. The molecular formula is C10H12N2OS3. The van der Waals surface area contributed by atoms with Gasteiger partial charge in [-0.05, 0) is 37.3 Å². The van der Waals surface area contributed by atoms with E-state index in [1.165, 1.54) is 23.3 Å². The Morgan fingerprint density at radius 1 is 1.38 bits per heavy atom. The SMILES string of the molecule is O=C(NNC(=S)S)c1cc2c(s1)CCCC2. The predicted molar refractivity (Wildman–Crippen MR) is 73.1 cm³/mol. The molecule has 0 aliphatic heterocycles. The Balaban J connectivity index is 2.06. The van der Waals surface area contributed by atoms with Crippen molar-refractivity contribution in [3.8, 4) is 0 Å². The lowest BCUT2D eigenvalue weighted by Gasteiger charge is -2.08. The van der Waals surface area contributed by atoms with E-state index in [1.807, 2.05) is 6.07 Å². The van der Waals surface area contributed by atoms with Crippen molar-refractivity contribution >= 4 is 46.4 Å². The number of thiol groups is 1. The van der Waals surface area contributed by atoms with Crippen LogP contribution in [0.25, 0.3) is 0 Å². The first-order valence-electron chi connectivity index (χ1n) is 5.07. The molecule has 0 aromatic carbocycles. The van der Waals surface area contributed by atoms with E-state index in [0.29, 0.717) is 0 Å². The van der Waals surface area contributed by atoms with Crippen molar-refractivity contribution in [3.05, 3.63) is 21.4 Å². The van der Waals surface area contributed by atoms with E-state index in [9.17, 15) is 4.79 Å². The standard InChI is InChI=1S/C10H12N2OS3/c13-9(11-12-10(14)15)8-5-6-3-1-2-4-7(6)16-8/h5H,1-4H2,(H,11,13)(H2,12,14,15). The number of amides is 1. The van der Waals surface area contributed by atoms with Crippen molar-refractivity contribution < 1.29 is 4.79 Å². The first-order chi connectivity index (χ1) is 7.66. The number of nitrogens with one attached hydrogen (secondary N) is 2. The maximum absolute atomic E-state index is 11.7. The number of rotatable bonds is 1. The molecule has 0 saturated carbocycles. The van der Waals surface area contributed by atoms with Crippen LogP contribution in [0.2, 0.25) is 0 Å². The second-order valence-corrected chi connectivity index (χ2v) is 5.95. The summed E-state index contributed by atoms with van der Waals surface area (Å²) in [7, 11) is 0. The molecule has 16 heavy (non-hydrogen) atoms. The van der Waals surface area contributed by atoms with Gasteiger partial charge >= 0.3 is 0 Å². The highest BCUT2D eigenvalue weighted by Crippen LogP contribution is 2.29. The first kappa shape index (κ1) is 11.9. The van der Waals surface area contributed by atoms with E-state index in [4.69, 9.17) is 12.2 Å². The van der Waals surface area contributed by atoms with Gasteiger partial charge in [0.1, 0.15) is 4.32 Å². The molecule has 3 nitrogen and oxygen atoms in total. The van der Waals surface area contributed by atoms with Crippen molar-refractivity contribution in [2.75, 3.05) is 0 Å². The van der Waals surface area contributed by atoms with Gasteiger partial charge in [-0.3, -0.25) is 15.6 Å². The summed E-state index contributed by atoms with van der Waals surface area (Å²) in [6, 6.07) is 1.98. The van der Waals surface area contributed by atoms with E-state index in [1.54, 1.807) is 11.3 Å². The fourth-order valence-corrected chi connectivity index (χ4v) is 3.03. The van der Waals surface area contributed by atoms with Crippen LogP contribution in [0.3, 0.4) is 0 Å². The molecule has 6 heteroatoms. The highest BCUT2D eigenvalue weighted by atomic mass is 32.1. The van der Waals surface area contributed by atoms with Gasteiger partial charge in [0.05, 0.1) is 4.88 Å². The van der Waals surface area contributed by atoms with Gasteiger partial charge < -0.3 is 0 Å². The lowest BCUT2D eigenvalue weighted by molar-refractivity contribution is 0.0948. The van der Waals surface area contributed by atoms with Crippen LogP contribution in [0.5, 0.6) is 0 Å². The quantitative estimate of drug-likeness (QED) is 0.416. The summed E-state index contributed by atoms with van der Waals surface area (Å²) in [4.78, 5) is 13.8. The molecule has 2 N–H and O–H groups in total. The van der Waals surface area contributed by atoms with Gasteiger partial charge in [-0.2, -0.15) is 0 Å². The normalized spacial score (nSPS) is 14.1. The highest BCUT2D eigenvalue weighted by molar-refractivity contribution is 8.11. The maximum atomic E-state index is 11.7. The van der Waals surface area contributed by atoms with Crippen LogP contribution in [0.15, 0.2) is 6.07 Å². The number of carbonyl (C=O) groups is 1. The number of thiocarbonyl (C=S) groups is 1. The van der Waals surface area contributed by atoms with E-state index in [0.717, 1.165) is 17.7 Å². The molecule has 1 heterocycles. The minimum atomic E-state index is -0.143. The molecule has 2 rings (SSSR count). The molecule has 1 aliphatic carbocycles. The van der Waals surface area contributed by atoms with E-state index < -0.39 is 0 Å². The number of fused-ring (bicyclic) bond motifs is 1. The van der Waals surface area contributed by atoms with Crippen molar-refractivity contribution in [1.82, 2.24) is 10.9 Å². The predicted octanol–water partition coefficient (Wildman–Crippen LogP) is 2.08. The van der Waals surface area contributed by atoms with Gasteiger partial charge in [0, 0.05) is 4.88 Å². The van der Waals surface area contributed by atoms with Crippen molar-refractivity contribution in [2.45, 2.75) is 25.7 Å². The van der Waals surface area contributed by atoms with E-state index in [2.05, 4.69) is 23.5 Å². The molecule has 1 aromatic rings. The van der Waals surface area contributed by atoms with Crippen LogP contribution in [0.4, 0.5) is 0 Å². The van der Waals surface area contributed by atoms with Crippen molar-refractivity contribution in [1.29, 1.82) is 0 Å². The second-order valence-electron chi connectivity index (χ2n) is 3.65. The molecule has 1 aromatic heterocycles. The largest absolute Gasteiger partial charge is 0.283 e. The fraction of sp³-hybridized carbons (Fsp3) is 0.400. The van der Waals surface area contributed by atoms with Gasteiger partial charge in [-0.25, -0.2) is 0 Å². The first-order valence-corrected chi connectivity index (χ1v) is 6.75. The minimum Gasteiger partial charge on any atom is -0.283 e. The number of hydrogen-bond acceptors (Lipinski definition) is 3. The van der Waals surface area contributed by atoms with Crippen LogP contribution in [-0.4, -0.2) is 10.2 Å². The van der Waals surface area contributed by atoms with E-state index >= 15 is 0 Å². The van der Waals surface area contributed by atoms with Crippen LogP contribution >= 0.6 is 36.2 Å². The molecule has 0 unspecified atom stereocenters. The van der Waals surface area contributed by atoms with Gasteiger partial charge in [-0.1, -0.05) is 12.2 Å². The number of aryl methyl sites for hydroxylation is 2. The Morgan fingerprint density at radius 3 is 2.81 bits per heavy atom. The number of hydrogen-bond donors (Lipinski definition) is 3. The Hall–Kier alpha value is -0.590. The second kappa shape index (κ2) is 5.16. The average Bonchev–Trinajstić information content (AvgIpc) is 2.69. The molecule has 0 spiro atoms. The zero-order valence-electron chi connectivity index (χ0n) is 8.58. The summed E-state index contributed by atoms with van der Waals surface area (Å²) in [5.41, 5.74) is 6.37. The van der Waals surface area contributed by atoms with Crippen molar-refractivity contribution in [3.63, 3.8) is 0 Å². The topological polar surface area (TPSA) is 41.1 Å². The average molecular weight is 272 g/mol. The van der Waals surface area contributed by atoms with Crippen LogP contribution in [0.1, 0.15) is 33.0 Å². The van der Waals surface area contributed by atoms with Crippen LogP contribution in [-0.2, 0) is 12.8 Å². The van der Waals surface area contributed by atoms with Crippen LogP contribution < -0.4 is 10.9 Å². The zero-order valence-corrected chi connectivity index (χ0v) is 11.1. The Bertz CT molecular complexity index is 404. The lowest BCUT2D eigenvalue weighted by atomic mass is 9.99. The summed E-state index contributed by atoms with van der Waals surface area (Å²) in [6.45, 7) is 0. The molecule has 1 amide bonds. The summed E-state index contributed by atoms with van der Waals surface area (Å²) in [5.74, 6) is -0.143. The summed E-state index contributed by atoms with van der Waals surface area (Å²) in [5, 5.41) is 0. The van der Waals surface area contributed by atoms with Crippen molar-refractivity contribution in [2.24, 2.45) is 0 Å². The number of hydrazine groups is 1. The van der Waals surface area contributed by atoms with Gasteiger partial charge in [-0.15, -0.1) is 24.0 Å². The molecule has 1 aliphatic rings. The number of carbonyl (C=O) groups excluding carboxylic acids is 1. The molecule has 0 bridgehead atoms. The molecule has 0 atom stereocenters. The van der Waals surface area contributed by atoms with Gasteiger partial charge in [0.15, 0.2) is 0 Å². The van der Waals surface area contributed by atoms with Gasteiger partial charge in [0.25, 0.3) is 5.91 Å². The molecular weight excluding hydrogens is 260 g/mol. The fourth-order valence-electron chi connectivity index (χ4n) is 1.77. The van der Waals surface area contributed by atoms with E-state index in [-0.39, 0.29) is 10.2 Å².